The van der Waals surface area contributed by atoms with E-state index < -0.39 is 0 Å². The van der Waals surface area contributed by atoms with E-state index in [1.165, 1.54) is 11.3 Å². The molecule has 0 radical (unpaired) electrons. The summed E-state index contributed by atoms with van der Waals surface area (Å²) >= 11 is 15.5. The van der Waals surface area contributed by atoms with Gasteiger partial charge in [0.1, 0.15) is 0 Å². The highest BCUT2D eigenvalue weighted by Gasteiger charge is 2.17. The molecule has 0 saturated carbocycles. The number of benzene rings is 4. The minimum absolute atomic E-state index is 0.216. The topological polar surface area (TPSA) is 72.7 Å². The molecule has 2 heterocycles. The SMILES string of the molecule is O=C(Nc1ncc(Cc2cccc(Cl)c2Cl)s1)c1ccc(CSc2nnc(-c3ccccc3)n2-c2ccccc2)cc1. The second kappa shape index (κ2) is 12.9. The van der Waals surface area contributed by atoms with Crippen molar-refractivity contribution in [3.63, 3.8) is 0 Å². The van der Waals surface area contributed by atoms with E-state index in [0.717, 1.165) is 38.2 Å². The van der Waals surface area contributed by atoms with Crippen LogP contribution >= 0.6 is 46.3 Å². The summed E-state index contributed by atoms with van der Waals surface area (Å²) < 4.78 is 2.07. The lowest BCUT2D eigenvalue weighted by Crippen LogP contribution is -2.11. The van der Waals surface area contributed by atoms with E-state index in [-0.39, 0.29) is 5.91 Å². The molecule has 0 unspecified atom stereocenters. The molecule has 42 heavy (non-hydrogen) atoms. The van der Waals surface area contributed by atoms with Crippen LogP contribution in [-0.2, 0) is 12.2 Å². The Morgan fingerprint density at radius 3 is 2.36 bits per heavy atom. The predicted molar refractivity (Wildman–Crippen MR) is 172 cm³/mol. The summed E-state index contributed by atoms with van der Waals surface area (Å²) in [6.45, 7) is 0. The van der Waals surface area contributed by atoms with Crippen LogP contribution in [0.3, 0.4) is 0 Å². The Morgan fingerprint density at radius 2 is 1.60 bits per heavy atom. The third-order valence-electron chi connectivity index (χ3n) is 6.43. The first kappa shape index (κ1) is 28.2. The van der Waals surface area contributed by atoms with Crippen molar-refractivity contribution in [3.8, 4) is 17.1 Å². The summed E-state index contributed by atoms with van der Waals surface area (Å²) in [7, 11) is 0. The van der Waals surface area contributed by atoms with Gasteiger partial charge >= 0.3 is 0 Å². The van der Waals surface area contributed by atoms with Crippen LogP contribution in [0.5, 0.6) is 0 Å². The number of thioether (sulfide) groups is 1. The highest BCUT2D eigenvalue weighted by Crippen LogP contribution is 2.31. The van der Waals surface area contributed by atoms with Crippen LogP contribution in [0.25, 0.3) is 17.1 Å². The molecule has 0 aliphatic rings. The summed E-state index contributed by atoms with van der Waals surface area (Å²) in [5.74, 6) is 1.24. The summed E-state index contributed by atoms with van der Waals surface area (Å²) in [6, 6.07) is 33.2. The van der Waals surface area contributed by atoms with Crippen molar-refractivity contribution < 1.29 is 4.79 Å². The normalized spacial score (nSPS) is 11.0. The molecular formula is C32H23Cl2N5OS2. The molecule has 0 aliphatic heterocycles. The number of rotatable bonds is 9. The minimum atomic E-state index is -0.216. The number of hydrogen-bond acceptors (Lipinski definition) is 6. The molecule has 0 aliphatic carbocycles. The van der Waals surface area contributed by atoms with Crippen LogP contribution in [0.4, 0.5) is 5.13 Å². The maximum atomic E-state index is 12.9. The Morgan fingerprint density at radius 1 is 0.857 bits per heavy atom. The van der Waals surface area contributed by atoms with Gasteiger partial charge in [0.2, 0.25) is 0 Å². The summed E-state index contributed by atoms with van der Waals surface area (Å²) in [6.07, 6.45) is 2.33. The molecule has 0 atom stereocenters. The number of amides is 1. The second-order valence-corrected chi connectivity index (χ2v) is 12.1. The first-order chi connectivity index (χ1) is 20.5. The highest BCUT2D eigenvalue weighted by atomic mass is 35.5. The van der Waals surface area contributed by atoms with E-state index in [1.807, 2.05) is 97.1 Å². The maximum Gasteiger partial charge on any atom is 0.257 e. The van der Waals surface area contributed by atoms with E-state index in [4.69, 9.17) is 23.2 Å². The molecular weight excluding hydrogens is 605 g/mol. The smallest absolute Gasteiger partial charge is 0.257 e. The van der Waals surface area contributed by atoms with Crippen molar-refractivity contribution in [2.45, 2.75) is 17.3 Å². The third kappa shape index (κ3) is 6.42. The van der Waals surface area contributed by atoms with Gasteiger partial charge in [-0.1, -0.05) is 108 Å². The van der Waals surface area contributed by atoms with E-state index in [2.05, 4.69) is 25.1 Å². The molecule has 4 aromatic carbocycles. The lowest BCUT2D eigenvalue weighted by molar-refractivity contribution is 0.102. The molecule has 1 N–H and O–H groups in total. The fourth-order valence-electron chi connectivity index (χ4n) is 4.34. The Bertz CT molecular complexity index is 1820. The predicted octanol–water partition coefficient (Wildman–Crippen LogP) is 8.83. The zero-order valence-corrected chi connectivity index (χ0v) is 25.2. The van der Waals surface area contributed by atoms with Crippen molar-refractivity contribution >= 4 is 57.3 Å². The molecule has 0 fully saturated rings. The number of para-hydroxylation sites is 1. The van der Waals surface area contributed by atoms with Crippen molar-refractivity contribution in [1.82, 2.24) is 19.7 Å². The number of carbonyl (C=O) groups is 1. The molecule has 6 rings (SSSR count). The minimum Gasteiger partial charge on any atom is -0.298 e. The number of hydrogen-bond donors (Lipinski definition) is 1. The second-order valence-electron chi connectivity index (χ2n) is 9.30. The van der Waals surface area contributed by atoms with Gasteiger partial charge < -0.3 is 0 Å². The van der Waals surface area contributed by atoms with Crippen LogP contribution in [-0.4, -0.2) is 25.7 Å². The lowest BCUT2D eigenvalue weighted by atomic mass is 10.1. The van der Waals surface area contributed by atoms with E-state index in [1.54, 1.807) is 24.0 Å². The van der Waals surface area contributed by atoms with Gasteiger partial charge in [-0.15, -0.1) is 21.5 Å². The van der Waals surface area contributed by atoms with Gasteiger partial charge in [0.05, 0.1) is 10.0 Å². The number of nitrogens with zero attached hydrogens (tertiary/aromatic N) is 4. The Balaban J connectivity index is 1.11. The van der Waals surface area contributed by atoms with E-state index >= 15 is 0 Å². The molecule has 2 aromatic heterocycles. The van der Waals surface area contributed by atoms with Gasteiger partial charge in [-0.2, -0.15) is 0 Å². The lowest BCUT2D eigenvalue weighted by Gasteiger charge is -2.10. The molecule has 0 spiro atoms. The average molecular weight is 629 g/mol. The van der Waals surface area contributed by atoms with Gasteiger partial charge in [-0.25, -0.2) is 4.98 Å². The number of carbonyl (C=O) groups excluding carboxylic acids is 1. The molecule has 208 valence electrons. The van der Waals surface area contributed by atoms with Crippen LogP contribution < -0.4 is 5.32 Å². The molecule has 0 saturated heterocycles. The molecule has 1 amide bonds. The van der Waals surface area contributed by atoms with Gasteiger partial charge in [0.25, 0.3) is 5.91 Å². The van der Waals surface area contributed by atoms with Gasteiger partial charge in [-0.05, 0) is 41.5 Å². The van der Waals surface area contributed by atoms with Crippen molar-refractivity contribution in [3.05, 3.63) is 141 Å². The molecule has 0 bridgehead atoms. The fourth-order valence-corrected chi connectivity index (χ4v) is 6.46. The first-order valence-corrected chi connectivity index (χ1v) is 15.6. The van der Waals surface area contributed by atoms with Crippen molar-refractivity contribution in [1.29, 1.82) is 0 Å². The quantitative estimate of drug-likeness (QED) is 0.162. The number of nitrogens with one attached hydrogen (secondary N) is 1. The largest absolute Gasteiger partial charge is 0.298 e. The average Bonchev–Trinajstić information content (AvgIpc) is 3.66. The fraction of sp³-hybridized carbons (Fsp3) is 0.0625. The van der Waals surface area contributed by atoms with Crippen LogP contribution in [0.2, 0.25) is 10.0 Å². The van der Waals surface area contributed by atoms with Crippen molar-refractivity contribution in [2.75, 3.05) is 5.32 Å². The summed E-state index contributed by atoms with van der Waals surface area (Å²) in [5, 5.41) is 14.3. The summed E-state index contributed by atoms with van der Waals surface area (Å²) in [4.78, 5) is 18.2. The number of halogens is 2. The maximum absolute atomic E-state index is 12.9. The Kier molecular flexibility index (Phi) is 8.67. The number of thiazole rings is 1. The first-order valence-electron chi connectivity index (χ1n) is 13.0. The highest BCUT2D eigenvalue weighted by molar-refractivity contribution is 7.98. The van der Waals surface area contributed by atoms with Crippen LogP contribution in [0.15, 0.2) is 114 Å². The van der Waals surface area contributed by atoms with Crippen LogP contribution in [0.1, 0.15) is 26.4 Å². The molecule has 6 nitrogen and oxygen atoms in total. The molecule has 6 aromatic rings. The third-order valence-corrected chi connectivity index (χ3v) is 9.20. The Labute approximate surface area is 261 Å². The number of anilines is 1. The molecule has 10 heteroatoms. The monoisotopic (exact) mass is 627 g/mol. The summed E-state index contributed by atoms with van der Waals surface area (Å²) in [5.41, 5.74) is 4.53. The van der Waals surface area contributed by atoms with Gasteiger partial charge in [0.15, 0.2) is 16.1 Å². The standard InChI is InChI=1S/C32H23Cl2N5OS2/c33-27-13-7-10-24(28(27)34)18-26-19-35-31(42-26)36-30(40)23-16-14-21(15-17-23)20-41-32-38-37-29(22-8-3-1-4-9-22)39(32)25-11-5-2-6-12-25/h1-17,19H,18,20H2,(H,35,36,40). The van der Waals surface area contributed by atoms with Crippen molar-refractivity contribution in [2.24, 2.45) is 0 Å². The zero-order valence-electron chi connectivity index (χ0n) is 22.1. The van der Waals surface area contributed by atoms with Gasteiger partial charge in [0, 0.05) is 40.1 Å². The zero-order chi connectivity index (χ0) is 28.9. The number of aromatic nitrogens is 4. The Hall–Kier alpha value is -3.95. The van der Waals surface area contributed by atoms with Crippen LogP contribution in [0, 0.1) is 0 Å². The van der Waals surface area contributed by atoms with E-state index in [0.29, 0.717) is 32.9 Å². The van der Waals surface area contributed by atoms with Gasteiger partial charge in [-0.3, -0.25) is 14.7 Å². The van der Waals surface area contributed by atoms with E-state index in [9.17, 15) is 4.79 Å².